The normalized spacial score (nSPS) is 15.4. The molecule has 1 saturated heterocycles. The van der Waals surface area contributed by atoms with Crippen molar-refractivity contribution in [1.29, 1.82) is 0 Å². The van der Waals surface area contributed by atoms with Crippen molar-refractivity contribution >= 4 is 17.5 Å². The van der Waals surface area contributed by atoms with E-state index in [0.29, 0.717) is 6.54 Å². The Hall–Kier alpha value is -1.06. The van der Waals surface area contributed by atoms with Crippen LogP contribution in [-0.4, -0.2) is 42.4 Å². The van der Waals surface area contributed by atoms with Crippen LogP contribution in [0.25, 0.3) is 0 Å². The lowest BCUT2D eigenvalue weighted by molar-refractivity contribution is -0.131. The van der Waals surface area contributed by atoms with Crippen LogP contribution in [0.5, 0.6) is 0 Å². The number of carbonyl (C=O) groups excluding carboxylic acids is 1. The molecule has 4 heteroatoms. The van der Waals surface area contributed by atoms with E-state index < -0.39 is 0 Å². The molecule has 2 rings (SSSR count). The zero-order chi connectivity index (χ0) is 13.0. The molecule has 18 heavy (non-hydrogen) atoms. The fourth-order valence-electron chi connectivity index (χ4n) is 2.25. The molecule has 3 nitrogen and oxygen atoms in total. The maximum absolute atomic E-state index is 12.0. The van der Waals surface area contributed by atoms with E-state index >= 15 is 0 Å². The number of benzene rings is 1. The third-order valence-corrected chi connectivity index (χ3v) is 3.48. The van der Waals surface area contributed by atoms with Gasteiger partial charge in [-0.05, 0) is 37.6 Å². The lowest BCUT2D eigenvalue weighted by Gasteiger charge is -2.21. The van der Waals surface area contributed by atoms with Gasteiger partial charge in [-0.2, -0.15) is 0 Å². The van der Waals surface area contributed by atoms with Gasteiger partial charge in [0.25, 0.3) is 0 Å². The second kappa shape index (κ2) is 6.21. The van der Waals surface area contributed by atoms with E-state index in [1.165, 1.54) is 5.56 Å². The number of hydrogen-bond acceptors (Lipinski definition) is 2. The zero-order valence-electron chi connectivity index (χ0n) is 10.7. The third-order valence-electron chi connectivity index (χ3n) is 3.23. The molecule has 0 unspecified atom stereocenters. The maximum Gasteiger partial charge on any atom is 0.236 e. The summed E-state index contributed by atoms with van der Waals surface area (Å²) in [6.07, 6.45) is 2.29. The molecule has 0 bridgehead atoms. The van der Waals surface area contributed by atoms with Crippen molar-refractivity contribution in [3.05, 3.63) is 34.9 Å². The van der Waals surface area contributed by atoms with Crippen molar-refractivity contribution in [3.8, 4) is 0 Å². The third kappa shape index (κ3) is 3.72. The van der Waals surface area contributed by atoms with Gasteiger partial charge in [-0.1, -0.05) is 23.7 Å². The summed E-state index contributed by atoms with van der Waals surface area (Å²) in [6, 6.07) is 7.76. The van der Waals surface area contributed by atoms with E-state index in [2.05, 4.69) is 0 Å². The van der Waals surface area contributed by atoms with Crippen molar-refractivity contribution < 1.29 is 4.79 Å². The Morgan fingerprint density at radius 3 is 2.50 bits per heavy atom. The predicted octanol–water partition coefficient (Wildman–Crippen LogP) is 2.39. The number of rotatable bonds is 4. The van der Waals surface area contributed by atoms with Gasteiger partial charge >= 0.3 is 0 Å². The molecule has 0 aromatic heterocycles. The molecule has 1 fully saturated rings. The average molecular weight is 267 g/mol. The fraction of sp³-hybridized carbons (Fsp3) is 0.500. The molecule has 1 aromatic carbocycles. The number of likely N-dealkylation sites (N-methyl/N-ethyl adjacent to an activating group) is 1. The Morgan fingerprint density at radius 1 is 1.28 bits per heavy atom. The topological polar surface area (TPSA) is 23.6 Å². The Kier molecular flexibility index (Phi) is 4.61. The van der Waals surface area contributed by atoms with Crippen LogP contribution in [0.15, 0.2) is 24.3 Å². The summed E-state index contributed by atoms with van der Waals surface area (Å²) >= 11 is 5.84. The van der Waals surface area contributed by atoms with Crippen LogP contribution < -0.4 is 0 Å². The summed E-state index contributed by atoms with van der Waals surface area (Å²) in [5.41, 5.74) is 1.18. The Bertz CT molecular complexity index is 399. The van der Waals surface area contributed by atoms with Gasteiger partial charge in [0.2, 0.25) is 5.91 Å². The van der Waals surface area contributed by atoms with E-state index in [-0.39, 0.29) is 5.91 Å². The SMILES string of the molecule is CN(CC(=O)N1CCCC1)Cc1ccc(Cl)cc1. The Labute approximate surface area is 113 Å². The highest BCUT2D eigenvalue weighted by molar-refractivity contribution is 6.30. The largest absolute Gasteiger partial charge is 0.342 e. The van der Waals surface area contributed by atoms with Crippen LogP contribution in [0, 0.1) is 0 Å². The molecule has 1 aliphatic rings. The Morgan fingerprint density at radius 2 is 1.89 bits per heavy atom. The van der Waals surface area contributed by atoms with E-state index in [1.807, 2.05) is 41.1 Å². The Balaban J connectivity index is 1.82. The van der Waals surface area contributed by atoms with Crippen molar-refractivity contribution in [1.82, 2.24) is 9.80 Å². The average Bonchev–Trinajstić information content (AvgIpc) is 2.85. The first-order valence-electron chi connectivity index (χ1n) is 6.36. The molecule has 0 N–H and O–H groups in total. The van der Waals surface area contributed by atoms with E-state index in [4.69, 9.17) is 11.6 Å². The van der Waals surface area contributed by atoms with Crippen LogP contribution in [-0.2, 0) is 11.3 Å². The van der Waals surface area contributed by atoms with Gasteiger partial charge in [-0.15, -0.1) is 0 Å². The minimum absolute atomic E-state index is 0.240. The minimum atomic E-state index is 0.240. The molecule has 1 heterocycles. The van der Waals surface area contributed by atoms with Gasteiger partial charge in [-0.25, -0.2) is 0 Å². The lowest BCUT2D eigenvalue weighted by Crippen LogP contribution is -2.36. The smallest absolute Gasteiger partial charge is 0.236 e. The summed E-state index contributed by atoms with van der Waals surface area (Å²) in [6.45, 7) is 3.11. The van der Waals surface area contributed by atoms with Gasteiger partial charge in [0.15, 0.2) is 0 Å². The molecule has 0 spiro atoms. The molecule has 1 aliphatic heterocycles. The van der Waals surface area contributed by atoms with E-state index in [9.17, 15) is 4.79 Å². The van der Waals surface area contributed by atoms with Crippen molar-refractivity contribution in [3.63, 3.8) is 0 Å². The quantitative estimate of drug-likeness (QED) is 0.836. The molecule has 0 atom stereocenters. The second-order valence-corrected chi connectivity index (χ2v) is 5.32. The molecular formula is C14H19ClN2O. The first kappa shape index (κ1) is 13.4. The van der Waals surface area contributed by atoms with Crippen molar-refractivity contribution in [2.24, 2.45) is 0 Å². The highest BCUT2D eigenvalue weighted by atomic mass is 35.5. The molecule has 1 aromatic rings. The predicted molar refractivity (Wildman–Crippen MR) is 73.6 cm³/mol. The minimum Gasteiger partial charge on any atom is -0.342 e. The number of hydrogen-bond donors (Lipinski definition) is 0. The summed E-state index contributed by atoms with van der Waals surface area (Å²) in [7, 11) is 1.97. The standard InChI is InChI=1S/C14H19ClN2O/c1-16(10-12-4-6-13(15)7-5-12)11-14(18)17-8-2-3-9-17/h4-7H,2-3,8-11H2,1H3. The van der Waals surface area contributed by atoms with Crippen LogP contribution >= 0.6 is 11.6 Å². The summed E-state index contributed by atoms with van der Waals surface area (Å²) in [5, 5.41) is 0.745. The van der Waals surface area contributed by atoms with Crippen LogP contribution in [0.2, 0.25) is 5.02 Å². The number of likely N-dealkylation sites (tertiary alicyclic amines) is 1. The number of halogens is 1. The van der Waals surface area contributed by atoms with E-state index in [1.54, 1.807) is 0 Å². The molecule has 0 aliphatic carbocycles. The fourth-order valence-corrected chi connectivity index (χ4v) is 2.38. The highest BCUT2D eigenvalue weighted by Gasteiger charge is 2.18. The number of nitrogens with zero attached hydrogens (tertiary/aromatic N) is 2. The number of carbonyl (C=O) groups is 1. The summed E-state index contributed by atoms with van der Waals surface area (Å²) in [4.78, 5) is 16.0. The van der Waals surface area contributed by atoms with Gasteiger partial charge in [-0.3, -0.25) is 9.69 Å². The van der Waals surface area contributed by atoms with Gasteiger partial charge in [0, 0.05) is 24.7 Å². The second-order valence-electron chi connectivity index (χ2n) is 4.89. The molecule has 0 radical (unpaired) electrons. The summed E-state index contributed by atoms with van der Waals surface area (Å²) < 4.78 is 0. The first-order valence-corrected chi connectivity index (χ1v) is 6.74. The molecule has 98 valence electrons. The highest BCUT2D eigenvalue weighted by Crippen LogP contribution is 2.12. The maximum atomic E-state index is 12.0. The monoisotopic (exact) mass is 266 g/mol. The van der Waals surface area contributed by atoms with Crippen LogP contribution in [0.3, 0.4) is 0 Å². The first-order chi connectivity index (χ1) is 8.65. The number of amides is 1. The summed E-state index contributed by atoms with van der Waals surface area (Å²) in [5.74, 6) is 0.240. The van der Waals surface area contributed by atoms with Gasteiger partial charge in [0.05, 0.1) is 6.54 Å². The molecule has 0 saturated carbocycles. The van der Waals surface area contributed by atoms with Crippen molar-refractivity contribution in [2.45, 2.75) is 19.4 Å². The van der Waals surface area contributed by atoms with E-state index in [0.717, 1.165) is 37.5 Å². The van der Waals surface area contributed by atoms with Gasteiger partial charge in [0.1, 0.15) is 0 Å². The zero-order valence-corrected chi connectivity index (χ0v) is 11.5. The van der Waals surface area contributed by atoms with Crippen molar-refractivity contribution in [2.75, 3.05) is 26.7 Å². The van der Waals surface area contributed by atoms with Crippen LogP contribution in [0.1, 0.15) is 18.4 Å². The molecule has 1 amide bonds. The van der Waals surface area contributed by atoms with Crippen LogP contribution in [0.4, 0.5) is 0 Å². The van der Waals surface area contributed by atoms with Gasteiger partial charge < -0.3 is 4.90 Å². The lowest BCUT2D eigenvalue weighted by atomic mass is 10.2. The molecular weight excluding hydrogens is 248 g/mol.